The maximum absolute atomic E-state index is 5.46. The zero-order valence-corrected chi connectivity index (χ0v) is 7.47. The third-order valence-electron chi connectivity index (χ3n) is 1.86. The molecule has 1 unspecified atom stereocenters. The molecule has 1 rings (SSSR count). The summed E-state index contributed by atoms with van der Waals surface area (Å²) in [5.41, 5.74) is 0. The van der Waals surface area contributed by atoms with Gasteiger partial charge in [-0.15, -0.1) is 0 Å². The predicted octanol–water partition coefficient (Wildman–Crippen LogP) is 2.38. The number of hydrogen-bond acceptors (Lipinski definition) is 2. The highest BCUT2D eigenvalue weighted by Gasteiger charge is 2.13. The SMILES string of the molecule is CCCCCC1=NCC(C)O1. The third-order valence-corrected chi connectivity index (χ3v) is 1.86. The van der Waals surface area contributed by atoms with E-state index in [1.54, 1.807) is 0 Å². The molecule has 2 heteroatoms. The Kier molecular flexibility index (Phi) is 3.40. The Bertz CT molecular complexity index is 142. The van der Waals surface area contributed by atoms with Gasteiger partial charge < -0.3 is 4.74 Å². The van der Waals surface area contributed by atoms with Gasteiger partial charge in [0.25, 0.3) is 0 Å². The molecule has 0 radical (unpaired) electrons. The highest BCUT2D eigenvalue weighted by molar-refractivity contribution is 5.77. The highest BCUT2D eigenvalue weighted by Crippen LogP contribution is 2.09. The number of hydrogen-bond donors (Lipinski definition) is 0. The summed E-state index contributed by atoms with van der Waals surface area (Å²) in [6, 6.07) is 0. The lowest BCUT2D eigenvalue weighted by Gasteiger charge is -2.04. The van der Waals surface area contributed by atoms with E-state index >= 15 is 0 Å². The van der Waals surface area contributed by atoms with Gasteiger partial charge in [0.05, 0.1) is 6.54 Å². The fraction of sp³-hybridized carbons (Fsp3) is 0.889. The Balaban J connectivity index is 2.08. The summed E-state index contributed by atoms with van der Waals surface area (Å²) in [6.45, 7) is 5.14. The van der Waals surface area contributed by atoms with E-state index in [9.17, 15) is 0 Å². The second kappa shape index (κ2) is 4.37. The first-order valence-electron chi connectivity index (χ1n) is 4.53. The van der Waals surface area contributed by atoms with Gasteiger partial charge in [-0.3, -0.25) is 4.99 Å². The second-order valence-electron chi connectivity index (χ2n) is 3.12. The number of nitrogens with zero attached hydrogens (tertiary/aromatic N) is 1. The van der Waals surface area contributed by atoms with Crippen LogP contribution in [0.3, 0.4) is 0 Å². The van der Waals surface area contributed by atoms with E-state index in [1.165, 1.54) is 19.3 Å². The first-order valence-corrected chi connectivity index (χ1v) is 4.53. The Hall–Kier alpha value is -0.530. The van der Waals surface area contributed by atoms with Crippen molar-refractivity contribution in [1.82, 2.24) is 0 Å². The monoisotopic (exact) mass is 155 g/mol. The Morgan fingerprint density at radius 2 is 2.36 bits per heavy atom. The van der Waals surface area contributed by atoms with Crippen LogP contribution >= 0.6 is 0 Å². The summed E-state index contributed by atoms with van der Waals surface area (Å²) >= 11 is 0. The van der Waals surface area contributed by atoms with Crippen molar-refractivity contribution < 1.29 is 4.74 Å². The van der Waals surface area contributed by atoms with Crippen LogP contribution in [0, 0.1) is 0 Å². The second-order valence-corrected chi connectivity index (χ2v) is 3.12. The summed E-state index contributed by atoms with van der Waals surface area (Å²) in [5.74, 6) is 0.978. The van der Waals surface area contributed by atoms with Gasteiger partial charge in [0.1, 0.15) is 6.10 Å². The summed E-state index contributed by atoms with van der Waals surface area (Å²) in [4.78, 5) is 4.28. The molecule has 0 saturated heterocycles. The third kappa shape index (κ3) is 2.91. The van der Waals surface area contributed by atoms with Crippen molar-refractivity contribution in [3.8, 4) is 0 Å². The van der Waals surface area contributed by atoms with Crippen LogP contribution in [0.4, 0.5) is 0 Å². The number of unbranched alkanes of at least 4 members (excludes halogenated alkanes) is 2. The van der Waals surface area contributed by atoms with Crippen molar-refractivity contribution in [2.45, 2.75) is 45.6 Å². The van der Waals surface area contributed by atoms with Crippen LogP contribution in [-0.2, 0) is 4.74 Å². The number of aliphatic imine (C=N–C) groups is 1. The molecule has 0 fully saturated rings. The van der Waals surface area contributed by atoms with Crippen LogP contribution < -0.4 is 0 Å². The van der Waals surface area contributed by atoms with Gasteiger partial charge >= 0.3 is 0 Å². The van der Waals surface area contributed by atoms with Crippen LogP contribution in [0.1, 0.15) is 39.5 Å². The van der Waals surface area contributed by atoms with Gasteiger partial charge in [0.2, 0.25) is 0 Å². The first-order chi connectivity index (χ1) is 5.33. The fourth-order valence-electron chi connectivity index (χ4n) is 1.20. The lowest BCUT2D eigenvalue weighted by molar-refractivity contribution is 0.238. The van der Waals surface area contributed by atoms with E-state index in [0.29, 0.717) is 6.10 Å². The topological polar surface area (TPSA) is 21.6 Å². The lowest BCUT2D eigenvalue weighted by atomic mass is 10.2. The van der Waals surface area contributed by atoms with E-state index in [-0.39, 0.29) is 0 Å². The number of rotatable bonds is 4. The van der Waals surface area contributed by atoms with Gasteiger partial charge in [0, 0.05) is 6.42 Å². The molecule has 0 saturated carbocycles. The molecular weight excluding hydrogens is 138 g/mol. The molecule has 2 nitrogen and oxygen atoms in total. The van der Waals surface area contributed by atoms with Crippen molar-refractivity contribution in [3.63, 3.8) is 0 Å². The standard InChI is InChI=1S/C9H17NO/c1-3-4-5-6-9-10-7-8(2)11-9/h8H,3-7H2,1-2H3. The zero-order chi connectivity index (χ0) is 8.10. The van der Waals surface area contributed by atoms with E-state index < -0.39 is 0 Å². The van der Waals surface area contributed by atoms with Crippen LogP contribution in [0.5, 0.6) is 0 Å². The molecule has 0 amide bonds. The molecule has 0 aromatic heterocycles. The Morgan fingerprint density at radius 3 is 2.91 bits per heavy atom. The smallest absolute Gasteiger partial charge is 0.183 e. The minimum absolute atomic E-state index is 0.326. The quantitative estimate of drug-likeness (QED) is 0.571. The van der Waals surface area contributed by atoms with Gasteiger partial charge in [-0.05, 0) is 13.3 Å². The van der Waals surface area contributed by atoms with Gasteiger partial charge in [-0.1, -0.05) is 19.8 Å². The summed E-state index contributed by atoms with van der Waals surface area (Å²) < 4.78 is 5.46. The maximum Gasteiger partial charge on any atom is 0.183 e. The molecular formula is C9H17NO. The molecule has 11 heavy (non-hydrogen) atoms. The van der Waals surface area contributed by atoms with Gasteiger partial charge in [0.15, 0.2) is 5.90 Å². The molecule has 1 heterocycles. The molecule has 1 aliphatic rings. The van der Waals surface area contributed by atoms with E-state index in [4.69, 9.17) is 4.74 Å². The molecule has 0 N–H and O–H groups in total. The minimum Gasteiger partial charge on any atom is -0.476 e. The Morgan fingerprint density at radius 1 is 1.55 bits per heavy atom. The maximum atomic E-state index is 5.46. The van der Waals surface area contributed by atoms with Crippen molar-refractivity contribution in [3.05, 3.63) is 0 Å². The normalized spacial score (nSPS) is 23.1. The van der Waals surface area contributed by atoms with E-state index in [0.717, 1.165) is 18.9 Å². The average Bonchev–Trinajstić information content (AvgIpc) is 2.37. The van der Waals surface area contributed by atoms with Gasteiger partial charge in [-0.25, -0.2) is 0 Å². The Labute approximate surface area is 68.7 Å². The summed E-state index contributed by atoms with van der Waals surface area (Å²) in [5, 5.41) is 0. The summed E-state index contributed by atoms with van der Waals surface area (Å²) in [6.07, 6.45) is 5.14. The molecule has 0 bridgehead atoms. The molecule has 0 aromatic carbocycles. The van der Waals surface area contributed by atoms with E-state index in [1.807, 2.05) is 0 Å². The van der Waals surface area contributed by atoms with Crippen LogP contribution in [0.2, 0.25) is 0 Å². The number of ether oxygens (including phenoxy) is 1. The van der Waals surface area contributed by atoms with Crippen LogP contribution in [-0.4, -0.2) is 18.5 Å². The molecule has 0 spiro atoms. The van der Waals surface area contributed by atoms with Gasteiger partial charge in [-0.2, -0.15) is 0 Å². The largest absolute Gasteiger partial charge is 0.476 e. The molecule has 0 aliphatic carbocycles. The van der Waals surface area contributed by atoms with Crippen molar-refractivity contribution >= 4 is 5.90 Å². The first kappa shape index (κ1) is 8.57. The molecule has 64 valence electrons. The zero-order valence-electron chi connectivity index (χ0n) is 7.47. The fourth-order valence-corrected chi connectivity index (χ4v) is 1.20. The molecule has 0 aromatic rings. The van der Waals surface area contributed by atoms with Crippen LogP contribution in [0.15, 0.2) is 4.99 Å². The molecule has 1 atom stereocenters. The minimum atomic E-state index is 0.326. The van der Waals surface area contributed by atoms with Crippen LogP contribution in [0.25, 0.3) is 0 Å². The van der Waals surface area contributed by atoms with E-state index in [2.05, 4.69) is 18.8 Å². The highest BCUT2D eigenvalue weighted by atomic mass is 16.5. The van der Waals surface area contributed by atoms with Crippen molar-refractivity contribution in [1.29, 1.82) is 0 Å². The predicted molar refractivity (Wildman–Crippen MR) is 47.0 cm³/mol. The average molecular weight is 155 g/mol. The van der Waals surface area contributed by atoms with Crippen molar-refractivity contribution in [2.24, 2.45) is 4.99 Å². The van der Waals surface area contributed by atoms with Crippen molar-refractivity contribution in [2.75, 3.05) is 6.54 Å². The molecule has 1 aliphatic heterocycles. The lowest BCUT2D eigenvalue weighted by Crippen LogP contribution is -2.07. The summed E-state index contributed by atoms with van der Waals surface area (Å²) in [7, 11) is 0.